The van der Waals surface area contributed by atoms with Crippen LogP contribution in [0.3, 0.4) is 0 Å². The van der Waals surface area contributed by atoms with Crippen molar-refractivity contribution in [3.05, 3.63) is 50.4 Å². The molecule has 0 radical (unpaired) electrons. The molecule has 12 heteroatoms. The second-order valence-corrected chi connectivity index (χ2v) is 8.90. The number of nitro benzene ring substituents is 1. The lowest BCUT2D eigenvalue weighted by molar-refractivity contribution is -0.385. The van der Waals surface area contributed by atoms with Crippen molar-refractivity contribution in [3.8, 4) is 0 Å². The van der Waals surface area contributed by atoms with Gasteiger partial charge >= 0.3 is 11.9 Å². The first kappa shape index (κ1) is 20.7. The number of nitrogens with zero attached hydrogens (tertiary/aromatic N) is 1. The van der Waals surface area contributed by atoms with Crippen molar-refractivity contribution in [2.24, 2.45) is 0 Å². The number of benzene rings is 1. The summed E-state index contributed by atoms with van der Waals surface area (Å²) in [5.41, 5.74) is -0.0413. The fourth-order valence-corrected chi connectivity index (χ4v) is 5.77. The summed E-state index contributed by atoms with van der Waals surface area (Å²) < 4.78 is 37.4. The van der Waals surface area contributed by atoms with Crippen molar-refractivity contribution in [1.29, 1.82) is 0 Å². The molecule has 1 aromatic carbocycles. The lowest BCUT2D eigenvalue weighted by Gasteiger charge is -2.12. The third-order valence-corrected chi connectivity index (χ3v) is 7.13. The van der Waals surface area contributed by atoms with Gasteiger partial charge < -0.3 is 9.47 Å². The molecule has 0 amide bonds. The van der Waals surface area contributed by atoms with E-state index in [1.807, 2.05) is 0 Å². The van der Waals surface area contributed by atoms with Crippen LogP contribution < -0.4 is 4.72 Å². The number of anilines is 1. The second kappa shape index (κ2) is 7.79. The number of carbonyl (C=O) groups excluding carboxylic acids is 2. The number of methoxy groups -OCH3 is 2. The number of esters is 2. The Morgan fingerprint density at radius 3 is 2.62 bits per heavy atom. The highest BCUT2D eigenvalue weighted by molar-refractivity contribution is 7.93. The molecule has 3 rings (SSSR count). The van der Waals surface area contributed by atoms with Gasteiger partial charge in [-0.05, 0) is 24.5 Å². The molecule has 1 heterocycles. The van der Waals surface area contributed by atoms with Crippen LogP contribution >= 0.6 is 11.3 Å². The molecule has 0 saturated carbocycles. The normalized spacial score (nSPS) is 15.4. The SMILES string of the molecule is COC(=O)c1c(NS(=O)(=O)c2cccc([N+](=O)[O-])c2)sc2c1C(C(=O)OC)CC2. The monoisotopic (exact) mass is 440 g/mol. The molecule has 1 aliphatic rings. The molecular weight excluding hydrogens is 424 g/mol. The topological polar surface area (TPSA) is 142 Å². The summed E-state index contributed by atoms with van der Waals surface area (Å²) in [6.07, 6.45) is 0.915. The molecule has 154 valence electrons. The number of rotatable bonds is 6. The fraction of sp³-hybridized carbons (Fsp3) is 0.294. The van der Waals surface area contributed by atoms with E-state index in [4.69, 9.17) is 9.47 Å². The number of ether oxygens (including phenoxy) is 2. The lowest BCUT2D eigenvalue weighted by atomic mass is 9.99. The molecule has 10 nitrogen and oxygen atoms in total. The molecule has 0 bridgehead atoms. The predicted molar refractivity (Wildman–Crippen MR) is 103 cm³/mol. The van der Waals surface area contributed by atoms with E-state index in [1.165, 1.54) is 25.3 Å². The minimum Gasteiger partial charge on any atom is -0.469 e. The molecule has 1 atom stereocenters. The number of fused-ring (bicyclic) bond motifs is 1. The van der Waals surface area contributed by atoms with Crippen LogP contribution in [0.15, 0.2) is 29.2 Å². The van der Waals surface area contributed by atoms with Crippen molar-refractivity contribution >= 4 is 44.0 Å². The quantitative estimate of drug-likeness (QED) is 0.410. The number of nitro groups is 1. The molecule has 0 fully saturated rings. The van der Waals surface area contributed by atoms with Crippen molar-refractivity contribution in [1.82, 2.24) is 0 Å². The van der Waals surface area contributed by atoms with Gasteiger partial charge in [-0.15, -0.1) is 11.3 Å². The molecule has 0 spiro atoms. The highest BCUT2D eigenvalue weighted by Gasteiger charge is 2.39. The maximum atomic E-state index is 12.8. The average Bonchev–Trinajstić information content (AvgIpc) is 3.25. The van der Waals surface area contributed by atoms with Gasteiger partial charge in [-0.2, -0.15) is 0 Å². The molecule has 1 aliphatic carbocycles. The van der Waals surface area contributed by atoms with Crippen LogP contribution in [-0.2, 0) is 30.7 Å². The van der Waals surface area contributed by atoms with Gasteiger partial charge in [0, 0.05) is 17.0 Å². The number of sulfonamides is 1. The van der Waals surface area contributed by atoms with E-state index in [0.717, 1.165) is 24.5 Å². The van der Waals surface area contributed by atoms with Gasteiger partial charge in [0.1, 0.15) is 5.00 Å². The number of thiophene rings is 1. The van der Waals surface area contributed by atoms with Crippen LogP contribution in [0.5, 0.6) is 0 Å². The lowest BCUT2D eigenvalue weighted by Crippen LogP contribution is -2.18. The minimum atomic E-state index is -4.23. The number of hydrogen-bond donors (Lipinski definition) is 1. The zero-order chi connectivity index (χ0) is 21.3. The Morgan fingerprint density at radius 2 is 2.00 bits per heavy atom. The Balaban J connectivity index is 2.06. The standard InChI is InChI=1S/C17H16N2O8S2/c1-26-16(20)11-6-7-12-13(11)14(17(21)27-2)15(28-12)18-29(24,25)10-5-3-4-9(8-10)19(22)23/h3-5,8,11,18H,6-7H2,1-2H3. The Kier molecular flexibility index (Phi) is 5.57. The van der Waals surface area contributed by atoms with Crippen molar-refractivity contribution in [2.45, 2.75) is 23.7 Å². The van der Waals surface area contributed by atoms with Gasteiger partial charge in [-0.25, -0.2) is 13.2 Å². The molecule has 1 aromatic heterocycles. The summed E-state index contributed by atoms with van der Waals surface area (Å²) in [6.45, 7) is 0. The molecule has 29 heavy (non-hydrogen) atoms. The first-order valence-corrected chi connectivity index (χ1v) is 10.6. The second-order valence-electron chi connectivity index (χ2n) is 6.11. The van der Waals surface area contributed by atoms with Crippen LogP contribution in [0, 0.1) is 10.1 Å². The van der Waals surface area contributed by atoms with Crippen molar-refractivity contribution in [3.63, 3.8) is 0 Å². The van der Waals surface area contributed by atoms with E-state index in [9.17, 15) is 28.1 Å². The highest BCUT2D eigenvalue weighted by atomic mass is 32.2. The maximum absolute atomic E-state index is 12.8. The molecule has 1 N–H and O–H groups in total. The third-order valence-electron chi connectivity index (χ3n) is 4.47. The van der Waals surface area contributed by atoms with Gasteiger partial charge in [0.2, 0.25) is 0 Å². The number of aryl methyl sites for hydroxylation is 1. The fourth-order valence-electron chi connectivity index (χ4n) is 3.16. The third kappa shape index (κ3) is 3.80. The molecule has 2 aromatic rings. The van der Waals surface area contributed by atoms with Crippen molar-refractivity contribution < 1.29 is 32.4 Å². The largest absolute Gasteiger partial charge is 0.469 e. The summed E-state index contributed by atoms with van der Waals surface area (Å²) in [7, 11) is -1.85. The van der Waals surface area contributed by atoms with E-state index in [2.05, 4.69) is 4.72 Å². The van der Waals surface area contributed by atoms with E-state index < -0.39 is 32.8 Å². The highest BCUT2D eigenvalue weighted by Crippen LogP contribution is 2.46. The van der Waals surface area contributed by atoms with Crippen molar-refractivity contribution in [2.75, 3.05) is 18.9 Å². The Morgan fingerprint density at radius 1 is 1.28 bits per heavy atom. The summed E-state index contributed by atoms with van der Waals surface area (Å²) >= 11 is 1.02. The van der Waals surface area contributed by atoms with Crippen LogP contribution in [-0.4, -0.2) is 39.5 Å². The van der Waals surface area contributed by atoms with Gasteiger partial charge in [-0.3, -0.25) is 19.6 Å². The number of non-ortho nitro benzene ring substituents is 1. The zero-order valence-electron chi connectivity index (χ0n) is 15.3. The number of hydrogen-bond acceptors (Lipinski definition) is 9. The first-order chi connectivity index (χ1) is 13.7. The van der Waals surface area contributed by atoms with Crippen LogP contribution in [0.2, 0.25) is 0 Å². The van der Waals surface area contributed by atoms with Gasteiger partial charge in [0.15, 0.2) is 0 Å². The van der Waals surface area contributed by atoms with E-state index in [-0.39, 0.29) is 21.1 Å². The van der Waals surface area contributed by atoms with E-state index >= 15 is 0 Å². The molecule has 1 unspecified atom stereocenters. The summed E-state index contributed by atoms with van der Waals surface area (Å²) in [5, 5.41) is 10.9. The molecular formula is C17H16N2O8S2. The van der Waals surface area contributed by atoms with Crippen LogP contribution in [0.4, 0.5) is 10.7 Å². The van der Waals surface area contributed by atoms with E-state index in [0.29, 0.717) is 23.3 Å². The summed E-state index contributed by atoms with van der Waals surface area (Å²) in [6, 6.07) is 4.53. The molecule has 0 aliphatic heterocycles. The van der Waals surface area contributed by atoms with Crippen LogP contribution in [0.25, 0.3) is 0 Å². The first-order valence-electron chi connectivity index (χ1n) is 8.28. The van der Waals surface area contributed by atoms with Gasteiger partial charge in [0.25, 0.3) is 15.7 Å². The maximum Gasteiger partial charge on any atom is 0.341 e. The number of carbonyl (C=O) groups is 2. The predicted octanol–water partition coefficient (Wildman–Crippen LogP) is 2.45. The van der Waals surface area contributed by atoms with Crippen LogP contribution in [0.1, 0.15) is 33.1 Å². The average molecular weight is 440 g/mol. The number of nitrogens with one attached hydrogen (secondary N) is 1. The smallest absolute Gasteiger partial charge is 0.341 e. The Bertz CT molecular complexity index is 1110. The Labute approximate surface area is 169 Å². The zero-order valence-corrected chi connectivity index (χ0v) is 17.0. The Hall–Kier alpha value is -2.99. The minimum absolute atomic E-state index is 0.0121. The van der Waals surface area contributed by atoms with Gasteiger partial charge in [0.05, 0.1) is 35.5 Å². The molecule has 0 saturated heterocycles. The summed E-state index contributed by atoms with van der Waals surface area (Å²) in [4.78, 5) is 35.0. The van der Waals surface area contributed by atoms with E-state index in [1.54, 1.807) is 0 Å². The van der Waals surface area contributed by atoms with Gasteiger partial charge in [-0.1, -0.05) is 6.07 Å². The summed E-state index contributed by atoms with van der Waals surface area (Å²) in [5.74, 6) is -2.02.